The first-order valence-corrected chi connectivity index (χ1v) is 6.20. The number of benzene rings is 1. The van der Waals surface area contributed by atoms with Crippen molar-refractivity contribution in [3.63, 3.8) is 0 Å². The standard InChI is InChI=1S/C13H16ClNO2/c1-8-5-6-9(7-10(8)14)11-3-2-4-12(15-11)13(16)17/h5-7,11-12,15H,2-4H2,1H3,(H,16,17). The minimum atomic E-state index is -0.770. The Morgan fingerprint density at radius 1 is 1.47 bits per heavy atom. The van der Waals surface area contributed by atoms with Gasteiger partial charge in [0.2, 0.25) is 0 Å². The van der Waals surface area contributed by atoms with E-state index in [-0.39, 0.29) is 6.04 Å². The molecule has 0 bridgehead atoms. The monoisotopic (exact) mass is 253 g/mol. The fourth-order valence-corrected chi connectivity index (χ4v) is 2.41. The average Bonchev–Trinajstić information content (AvgIpc) is 2.33. The van der Waals surface area contributed by atoms with Crippen molar-refractivity contribution < 1.29 is 9.90 Å². The number of nitrogens with one attached hydrogen (secondary N) is 1. The first-order valence-electron chi connectivity index (χ1n) is 5.83. The van der Waals surface area contributed by atoms with Crippen LogP contribution in [-0.2, 0) is 4.79 Å². The van der Waals surface area contributed by atoms with Crippen LogP contribution in [0.4, 0.5) is 0 Å². The Morgan fingerprint density at radius 3 is 2.88 bits per heavy atom. The van der Waals surface area contributed by atoms with E-state index in [0.29, 0.717) is 6.42 Å². The van der Waals surface area contributed by atoms with E-state index in [1.807, 2.05) is 25.1 Å². The summed E-state index contributed by atoms with van der Waals surface area (Å²) in [5.41, 5.74) is 2.12. The molecule has 2 unspecified atom stereocenters. The molecule has 2 atom stereocenters. The van der Waals surface area contributed by atoms with E-state index in [9.17, 15) is 4.79 Å². The van der Waals surface area contributed by atoms with Gasteiger partial charge in [-0.15, -0.1) is 0 Å². The van der Waals surface area contributed by atoms with Gasteiger partial charge < -0.3 is 5.11 Å². The van der Waals surface area contributed by atoms with Crippen LogP contribution in [0.25, 0.3) is 0 Å². The minimum Gasteiger partial charge on any atom is -0.480 e. The third-order valence-corrected chi connectivity index (χ3v) is 3.69. The molecule has 0 saturated carbocycles. The molecule has 1 fully saturated rings. The van der Waals surface area contributed by atoms with Gasteiger partial charge in [0.25, 0.3) is 0 Å². The summed E-state index contributed by atoms with van der Waals surface area (Å²) in [7, 11) is 0. The largest absolute Gasteiger partial charge is 0.480 e. The number of aliphatic carboxylic acids is 1. The highest BCUT2D eigenvalue weighted by atomic mass is 35.5. The number of hydrogen-bond donors (Lipinski definition) is 2. The van der Waals surface area contributed by atoms with E-state index in [2.05, 4.69) is 5.32 Å². The number of rotatable bonds is 2. The van der Waals surface area contributed by atoms with Crippen molar-refractivity contribution in [2.75, 3.05) is 0 Å². The summed E-state index contributed by atoms with van der Waals surface area (Å²) >= 11 is 6.09. The number of halogens is 1. The van der Waals surface area contributed by atoms with Gasteiger partial charge in [-0.25, -0.2) is 0 Å². The third-order valence-electron chi connectivity index (χ3n) is 3.28. The van der Waals surface area contributed by atoms with Crippen LogP contribution in [0.5, 0.6) is 0 Å². The number of carboxylic acid groups (broad SMARTS) is 1. The van der Waals surface area contributed by atoms with Crippen molar-refractivity contribution in [1.82, 2.24) is 5.32 Å². The van der Waals surface area contributed by atoms with Crippen molar-refractivity contribution >= 4 is 17.6 Å². The second kappa shape index (κ2) is 5.07. The molecular formula is C13H16ClNO2. The summed E-state index contributed by atoms with van der Waals surface area (Å²) in [6, 6.07) is 5.59. The van der Waals surface area contributed by atoms with Crippen LogP contribution >= 0.6 is 11.6 Å². The first kappa shape index (κ1) is 12.4. The van der Waals surface area contributed by atoms with Gasteiger partial charge in [0.05, 0.1) is 0 Å². The maximum atomic E-state index is 11.0. The molecule has 1 aromatic carbocycles. The Morgan fingerprint density at radius 2 is 2.24 bits per heavy atom. The zero-order valence-corrected chi connectivity index (χ0v) is 10.5. The summed E-state index contributed by atoms with van der Waals surface area (Å²) in [5.74, 6) is -0.770. The molecule has 92 valence electrons. The highest BCUT2D eigenvalue weighted by Crippen LogP contribution is 2.28. The maximum absolute atomic E-state index is 11.0. The van der Waals surface area contributed by atoms with E-state index in [1.54, 1.807) is 0 Å². The SMILES string of the molecule is Cc1ccc(C2CCCC(C(=O)O)N2)cc1Cl. The van der Waals surface area contributed by atoms with Crippen molar-refractivity contribution in [2.24, 2.45) is 0 Å². The number of piperidine rings is 1. The summed E-state index contributed by atoms with van der Waals surface area (Å²) in [6.07, 6.45) is 2.59. The van der Waals surface area contributed by atoms with E-state index < -0.39 is 12.0 Å². The smallest absolute Gasteiger partial charge is 0.320 e. The van der Waals surface area contributed by atoms with E-state index in [0.717, 1.165) is 29.0 Å². The number of carboxylic acids is 1. The van der Waals surface area contributed by atoms with Crippen molar-refractivity contribution in [3.05, 3.63) is 34.3 Å². The molecule has 2 rings (SSSR count). The molecule has 1 aromatic rings. The van der Waals surface area contributed by atoms with Gasteiger partial charge in [-0.05, 0) is 43.4 Å². The van der Waals surface area contributed by atoms with Crippen LogP contribution in [0.3, 0.4) is 0 Å². The van der Waals surface area contributed by atoms with Gasteiger partial charge >= 0.3 is 5.97 Å². The zero-order chi connectivity index (χ0) is 12.4. The van der Waals surface area contributed by atoms with Gasteiger partial charge in [0.1, 0.15) is 6.04 Å². The molecule has 17 heavy (non-hydrogen) atoms. The number of hydrogen-bond acceptors (Lipinski definition) is 2. The Bertz CT molecular complexity index is 433. The second-order valence-electron chi connectivity index (χ2n) is 4.55. The van der Waals surface area contributed by atoms with Crippen molar-refractivity contribution in [2.45, 2.75) is 38.3 Å². The molecule has 4 heteroatoms. The van der Waals surface area contributed by atoms with Gasteiger partial charge in [0, 0.05) is 11.1 Å². The molecule has 0 spiro atoms. The molecular weight excluding hydrogens is 238 g/mol. The molecule has 0 aromatic heterocycles. The van der Waals surface area contributed by atoms with Crippen LogP contribution in [0, 0.1) is 6.92 Å². The fourth-order valence-electron chi connectivity index (χ4n) is 2.22. The lowest BCUT2D eigenvalue weighted by Gasteiger charge is -2.29. The Balaban J connectivity index is 2.16. The Labute approximate surface area is 106 Å². The van der Waals surface area contributed by atoms with E-state index >= 15 is 0 Å². The maximum Gasteiger partial charge on any atom is 0.320 e. The van der Waals surface area contributed by atoms with Gasteiger partial charge in [0.15, 0.2) is 0 Å². The van der Waals surface area contributed by atoms with E-state index in [4.69, 9.17) is 16.7 Å². The van der Waals surface area contributed by atoms with Crippen LogP contribution in [0.15, 0.2) is 18.2 Å². The third kappa shape index (κ3) is 2.79. The van der Waals surface area contributed by atoms with Crippen LogP contribution in [0.2, 0.25) is 5.02 Å². The average molecular weight is 254 g/mol. The minimum absolute atomic E-state index is 0.1000. The summed E-state index contributed by atoms with van der Waals surface area (Å²) < 4.78 is 0. The number of carbonyl (C=O) groups is 1. The predicted octanol–water partition coefficient (Wildman–Crippen LogP) is 2.92. The quantitative estimate of drug-likeness (QED) is 0.852. The van der Waals surface area contributed by atoms with Crippen LogP contribution < -0.4 is 5.32 Å². The van der Waals surface area contributed by atoms with Gasteiger partial charge in [-0.2, -0.15) is 0 Å². The molecule has 0 amide bonds. The molecule has 1 aliphatic rings. The topological polar surface area (TPSA) is 49.3 Å². The Kier molecular flexibility index (Phi) is 3.69. The highest BCUT2D eigenvalue weighted by molar-refractivity contribution is 6.31. The number of aryl methyl sites for hydroxylation is 1. The lowest BCUT2D eigenvalue weighted by Crippen LogP contribution is -2.42. The van der Waals surface area contributed by atoms with E-state index in [1.165, 1.54) is 0 Å². The predicted molar refractivity (Wildman–Crippen MR) is 67.3 cm³/mol. The molecule has 1 heterocycles. The molecule has 0 radical (unpaired) electrons. The lowest BCUT2D eigenvalue weighted by molar-refractivity contribution is -0.140. The van der Waals surface area contributed by atoms with Gasteiger partial charge in [-0.1, -0.05) is 23.7 Å². The summed E-state index contributed by atoms with van der Waals surface area (Å²) in [4.78, 5) is 11.0. The first-order chi connectivity index (χ1) is 8.08. The fraction of sp³-hybridized carbons (Fsp3) is 0.462. The Hall–Kier alpha value is -1.06. The highest BCUT2D eigenvalue weighted by Gasteiger charge is 2.26. The summed E-state index contributed by atoms with van der Waals surface area (Å²) in [6.45, 7) is 1.96. The molecule has 1 aliphatic heterocycles. The normalized spacial score (nSPS) is 24.6. The van der Waals surface area contributed by atoms with Crippen LogP contribution in [-0.4, -0.2) is 17.1 Å². The molecule has 1 saturated heterocycles. The lowest BCUT2D eigenvalue weighted by atomic mass is 9.93. The molecule has 3 nitrogen and oxygen atoms in total. The zero-order valence-electron chi connectivity index (χ0n) is 9.74. The van der Waals surface area contributed by atoms with Gasteiger partial charge in [-0.3, -0.25) is 10.1 Å². The summed E-state index contributed by atoms with van der Waals surface area (Å²) in [5, 5.41) is 12.9. The van der Waals surface area contributed by atoms with Crippen molar-refractivity contribution in [1.29, 1.82) is 0 Å². The van der Waals surface area contributed by atoms with Crippen LogP contribution in [0.1, 0.15) is 36.4 Å². The molecule has 2 N–H and O–H groups in total. The second-order valence-corrected chi connectivity index (χ2v) is 4.96. The van der Waals surface area contributed by atoms with Crippen molar-refractivity contribution in [3.8, 4) is 0 Å². The molecule has 0 aliphatic carbocycles.